The van der Waals surface area contributed by atoms with E-state index in [1.165, 1.54) is 0 Å². The van der Waals surface area contributed by atoms with Crippen molar-refractivity contribution < 1.29 is 4.79 Å². The summed E-state index contributed by atoms with van der Waals surface area (Å²) in [7, 11) is -1.72. The van der Waals surface area contributed by atoms with Gasteiger partial charge in [0.15, 0.2) is 5.78 Å². The van der Waals surface area contributed by atoms with Crippen molar-refractivity contribution in [3.8, 4) is 0 Å². The van der Waals surface area contributed by atoms with E-state index in [1.54, 1.807) is 11.3 Å². The van der Waals surface area contributed by atoms with E-state index in [0.29, 0.717) is 0 Å². The maximum absolute atomic E-state index is 12.8. The number of thiazole rings is 1. The number of carbonyl (C=O) groups is 1. The number of hydrogen-bond acceptors (Lipinski definition) is 3. The molecule has 0 bridgehead atoms. The predicted molar refractivity (Wildman–Crippen MR) is 87.0 cm³/mol. The first-order chi connectivity index (χ1) is 9.41. The lowest BCUT2D eigenvalue weighted by Crippen LogP contribution is -2.28. The van der Waals surface area contributed by atoms with Crippen LogP contribution in [0.15, 0.2) is 35.0 Å². The molecule has 0 unspecified atom stereocenters. The molecule has 1 aliphatic carbocycles. The van der Waals surface area contributed by atoms with E-state index in [1.807, 2.05) is 30.6 Å². The number of allylic oxidation sites excluding steroid dienone is 1. The third-order valence-electron chi connectivity index (χ3n) is 3.64. The average Bonchev–Trinajstić information content (AvgIpc) is 2.91. The van der Waals surface area contributed by atoms with Crippen molar-refractivity contribution in [2.24, 2.45) is 0 Å². The highest BCUT2D eigenvalue weighted by Crippen LogP contribution is 2.43. The molecule has 1 heterocycles. The Kier molecular flexibility index (Phi) is 3.03. The van der Waals surface area contributed by atoms with Gasteiger partial charge in [-0.25, -0.2) is 4.98 Å². The molecular weight excluding hydrogens is 282 g/mol. The number of aryl methyl sites for hydroxylation is 1. The highest BCUT2D eigenvalue weighted by Gasteiger charge is 2.38. The van der Waals surface area contributed by atoms with Crippen molar-refractivity contribution in [2.45, 2.75) is 26.6 Å². The largest absolute Gasteiger partial charge is 0.289 e. The molecule has 3 rings (SSSR count). The molecule has 1 aromatic carbocycles. The molecule has 1 aliphatic rings. The Hall–Kier alpha value is -1.52. The molecule has 2 nitrogen and oxygen atoms in total. The Balaban J connectivity index is 2.37. The summed E-state index contributed by atoms with van der Waals surface area (Å²) in [6, 6.07) is 7.96. The molecule has 0 radical (unpaired) electrons. The first-order valence-corrected chi connectivity index (χ1v) is 11.1. The lowest BCUT2D eigenvalue weighted by Gasteiger charge is -2.19. The Labute approximate surface area is 124 Å². The van der Waals surface area contributed by atoms with Gasteiger partial charge in [0.1, 0.15) is 0 Å². The van der Waals surface area contributed by atoms with E-state index < -0.39 is 8.07 Å². The first-order valence-electron chi connectivity index (χ1n) is 6.70. The minimum Gasteiger partial charge on any atom is -0.289 e. The molecule has 0 fully saturated rings. The van der Waals surface area contributed by atoms with Crippen molar-refractivity contribution >= 4 is 30.8 Å². The van der Waals surface area contributed by atoms with Gasteiger partial charge in [-0.1, -0.05) is 43.9 Å². The molecule has 0 spiro atoms. The Morgan fingerprint density at radius 1 is 1.10 bits per heavy atom. The molecule has 0 aliphatic heterocycles. The monoisotopic (exact) mass is 299 g/mol. The number of rotatable bonds is 2. The van der Waals surface area contributed by atoms with Crippen LogP contribution in [-0.2, 0) is 0 Å². The van der Waals surface area contributed by atoms with Gasteiger partial charge in [0.2, 0.25) is 0 Å². The van der Waals surface area contributed by atoms with Crippen LogP contribution in [0, 0.1) is 6.92 Å². The van der Waals surface area contributed by atoms with Gasteiger partial charge in [0.25, 0.3) is 0 Å². The van der Waals surface area contributed by atoms with Crippen LogP contribution in [0.2, 0.25) is 19.6 Å². The topological polar surface area (TPSA) is 30.0 Å². The molecule has 20 heavy (non-hydrogen) atoms. The summed E-state index contributed by atoms with van der Waals surface area (Å²) < 4.78 is 0. The number of nitrogens with zero attached hydrogens (tertiary/aromatic N) is 1. The molecule has 0 N–H and O–H groups in total. The van der Waals surface area contributed by atoms with E-state index in [0.717, 1.165) is 32.5 Å². The fourth-order valence-electron chi connectivity index (χ4n) is 2.78. The smallest absolute Gasteiger partial charge is 0.186 e. The summed E-state index contributed by atoms with van der Waals surface area (Å²) in [6.07, 6.45) is 0. The van der Waals surface area contributed by atoms with Crippen molar-refractivity contribution in [2.75, 3.05) is 0 Å². The number of Topliss-reactive ketones (excluding diaryl/α,β-unsaturated/α-hetero) is 1. The minimum atomic E-state index is -1.72. The SMILES string of the molecule is Cc1ncsc1C1=C([Si](C)(C)C)C(=O)c2ccccc21. The fraction of sp³-hybridized carbons (Fsp3) is 0.250. The highest BCUT2D eigenvalue weighted by molar-refractivity contribution is 7.11. The summed E-state index contributed by atoms with van der Waals surface area (Å²) in [4.78, 5) is 18.3. The number of hydrogen-bond donors (Lipinski definition) is 0. The quantitative estimate of drug-likeness (QED) is 0.773. The van der Waals surface area contributed by atoms with Crippen LogP contribution in [-0.4, -0.2) is 18.8 Å². The number of benzene rings is 1. The van der Waals surface area contributed by atoms with E-state index in [-0.39, 0.29) is 5.78 Å². The molecule has 0 atom stereocenters. The second-order valence-corrected chi connectivity index (χ2v) is 12.0. The number of fused-ring (bicyclic) bond motifs is 1. The van der Waals surface area contributed by atoms with E-state index in [4.69, 9.17) is 0 Å². The molecule has 0 saturated heterocycles. The standard InChI is InChI=1S/C16H17NOSSi/c1-10-15(19-9-17-10)13-11-7-5-6-8-12(11)14(18)16(13)20(2,3)4/h5-9H,1-4H3. The van der Waals surface area contributed by atoms with Crippen LogP contribution in [0.4, 0.5) is 0 Å². The number of carbonyl (C=O) groups excluding carboxylic acids is 1. The molecule has 4 heteroatoms. The summed E-state index contributed by atoms with van der Waals surface area (Å²) in [5.41, 5.74) is 5.97. The average molecular weight is 299 g/mol. The second kappa shape index (κ2) is 4.50. The summed E-state index contributed by atoms with van der Waals surface area (Å²) >= 11 is 1.63. The van der Waals surface area contributed by atoms with Crippen LogP contribution in [0.1, 0.15) is 26.5 Å². The first kappa shape index (κ1) is 13.5. The van der Waals surface area contributed by atoms with E-state index >= 15 is 0 Å². The van der Waals surface area contributed by atoms with Gasteiger partial charge < -0.3 is 0 Å². The summed E-state index contributed by atoms with van der Waals surface area (Å²) in [6.45, 7) is 8.74. The predicted octanol–water partition coefficient (Wildman–Crippen LogP) is 4.33. The van der Waals surface area contributed by atoms with Gasteiger partial charge >= 0.3 is 0 Å². The van der Waals surface area contributed by atoms with Gasteiger partial charge in [0, 0.05) is 11.1 Å². The maximum atomic E-state index is 12.8. The van der Waals surface area contributed by atoms with Crippen LogP contribution in [0.3, 0.4) is 0 Å². The normalized spacial score (nSPS) is 14.9. The lowest BCUT2D eigenvalue weighted by molar-refractivity contribution is 0.104. The van der Waals surface area contributed by atoms with Crippen LogP contribution in [0.5, 0.6) is 0 Å². The molecule has 102 valence electrons. The van der Waals surface area contributed by atoms with Crippen molar-refractivity contribution in [3.63, 3.8) is 0 Å². The van der Waals surface area contributed by atoms with Crippen LogP contribution in [0.25, 0.3) is 5.57 Å². The van der Waals surface area contributed by atoms with Crippen molar-refractivity contribution in [1.82, 2.24) is 4.98 Å². The molecule has 2 aromatic rings. The summed E-state index contributed by atoms with van der Waals surface area (Å²) in [5, 5.41) is 1.05. The zero-order chi connectivity index (χ0) is 14.5. The molecular formula is C16H17NOSSi. The van der Waals surface area contributed by atoms with E-state index in [9.17, 15) is 4.79 Å². The Morgan fingerprint density at radius 2 is 1.75 bits per heavy atom. The summed E-state index contributed by atoms with van der Waals surface area (Å²) in [5.74, 6) is 0.225. The molecule has 0 saturated carbocycles. The van der Waals surface area contributed by atoms with Gasteiger partial charge in [-0.2, -0.15) is 0 Å². The second-order valence-electron chi connectivity index (χ2n) is 6.14. The van der Waals surface area contributed by atoms with Gasteiger partial charge in [-0.05, 0) is 17.7 Å². The maximum Gasteiger partial charge on any atom is 0.186 e. The fourth-order valence-corrected chi connectivity index (χ4v) is 5.56. The van der Waals surface area contributed by atoms with Crippen LogP contribution >= 0.6 is 11.3 Å². The Bertz CT molecular complexity index is 737. The Morgan fingerprint density at radius 3 is 2.30 bits per heavy atom. The zero-order valence-corrected chi connectivity index (χ0v) is 14.0. The third kappa shape index (κ3) is 1.91. The van der Waals surface area contributed by atoms with Gasteiger partial charge in [-0.15, -0.1) is 11.3 Å². The minimum absolute atomic E-state index is 0.225. The molecule has 1 aromatic heterocycles. The molecule has 0 amide bonds. The number of aromatic nitrogens is 1. The number of ketones is 1. The van der Waals surface area contributed by atoms with Gasteiger partial charge in [0.05, 0.1) is 24.2 Å². The van der Waals surface area contributed by atoms with Crippen molar-refractivity contribution in [1.29, 1.82) is 0 Å². The van der Waals surface area contributed by atoms with Crippen molar-refractivity contribution in [3.05, 3.63) is 56.7 Å². The van der Waals surface area contributed by atoms with Crippen LogP contribution < -0.4 is 0 Å². The highest BCUT2D eigenvalue weighted by atomic mass is 32.1. The zero-order valence-electron chi connectivity index (χ0n) is 12.2. The van der Waals surface area contributed by atoms with Gasteiger partial charge in [-0.3, -0.25) is 4.79 Å². The van der Waals surface area contributed by atoms with E-state index in [2.05, 4.69) is 30.7 Å². The lowest BCUT2D eigenvalue weighted by atomic mass is 10.0. The third-order valence-corrected chi connectivity index (χ3v) is 6.56.